The van der Waals surface area contributed by atoms with Crippen LogP contribution in [-0.4, -0.2) is 23.3 Å². The van der Waals surface area contributed by atoms with E-state index in [1.807, 2.05) is 0 Å². The van der Waals surface area contributed by atoms with E-state index in [9.17, 15) is 10.2 Å². The fourth-order valence-corrected chi connectivity index (χ4v) is 3.26. The molecule has 0 bridgehead atoms. The molecule has 1 atom stereocenters. The zero-order chi connectivity index (χ0) is 11.2. The quantitative estimate of drug-likeness (QED) is 0.582. The summed E-state index contributed by atoms with van der Waals surface area (Å²) in [5, 5.41) is 22.6. The molecule has 1 aromatic rings. The topological polar surface area (TPSA) is 52.5 Å². The lowest BCUT2D eigenvalue weighted by molar-refractivity contribution is 0.374. The van der Waals surface area contributed by atoms with Gasteiger partial charge in [0.2, 0.25) is 0 Å². The molecule has 1 aliphatic heterocycles. The van der Waals surface area contributed by atoms with Gasteiger partial charge in [0.15, 0.2) is 11.5 Å². The van der Waals surface area contributed by atoms with Crippen LogP contribution in [0, 0.1) is 0 Å². The minimum absolute atomic E-state index is 0.0155. The molecular weight excluding hydrogens is 202 g/mol. The van der Waals surface area contributed by atoms with Crippen molar-refractivity contribution in [3.63, 3.8) is 0 Å². The monoisotopic (exact) mass is 219 g/mol. The summed E-state index contributed by atoms with van der Waals surface area (Å²) in [6, 6.07) is 3.51. The van der Waals surface area contributed by atoms with Gasteiger partial charge in [0.1, 0.15) is 0 Å². The fourth-order valence-electron chi connectivity index (χ4n) is 3.26. The fraction of sp³-hybridized carbons (Fsp3) is 0.538. The number of aromatic hydroxyl groups is 2. The van der Waals surface area contributed by atoms with E-state index in [1.54, 1.807) is 12.1 Å². The molecule has 3 heteroatoms. The zero-order valence-electron chi connectivity index (χ0n) is 9.29. The Morgan fingerprint density at radius 1 is 1.12 bits per heavy atom. The highest BCUT2D eigenvalue weighted by atomic mass is 16.3. The number of fused-ring (bicyclic) bond motifs is 2. The van der Waals surface area contributed by atoms with Crippen LogP contribution >= 0.6 is 0 Å². The molecule has 86 valence electrons. The number of rotatable bonds is 0. The van der Waals surface area contributed by atoms with Gasteiger partial charge in [-0.1, -0.05) is 0 Å². The molecule has 1 aromatic carbocycles. The summed E-state index contributed by atoms with van der Waals surface area (Å²) in [6.07, 6.45) is 4.53. The molecule has 2 aliphatic rings. The van der Waals surface area contributed by atoms with Crippen molar-refractivity contribution in [2.24, 2.45) is 0 Å². The third kappa shape index (κ3) is 1.31. The van der Waals surface area contributed by atoms with Crippen LogP contribution in [0.5, 0.6) is 11.5 Å². The van der Waals surface area contributed by atoms with Crippen molar-refractivity contribution in [3.8, 4) is 11.5 Å². The van der Waals surface area contributed by atoms with Crippen molar-refractivity contribution < 1.29 is 10.2 Å². The van der Waals surface area contributed by atoms with Crippen molar-refractivity contribution in [1.29, 1.82) is 0 Å². The lowest BCUT2D eigenvalue weighted by Gasteiger charge is -2.35. The second-order valence-electron chi connectivity index (χ2n) is 5.06. The summed E-state index contributed by atoms with van der Waals surface area (Å²) in [5.41, 5.74) is 2.67. The first-order chi connectivity index (χ1) is 7.71. The average Bonchev–Trinajstić information content (AvgIpc) is 2.71. The Labute approximate surface area is 95.1 Å². The predicted octanol–water partition coefficient (Wildman–Crippen LogP) is 1.67. The van der Waals surface area contributed by atoms with Crippen LogP contribution in [0.15, 0.2) is 12.1 Å². The molecule has 0 radical (unpaired) electrons. The van der Waals surface area contributed by atoms with E-state index in [4.69, 9.17) is 0 Å². The van der Waals surface area contributed by atoms with Crippen molar-refractivity contribution in [1.82, 2.24) is 5.32 Å². The van der Waals surface area contributed by atoms with E-state index >= 15 is 0 Å². The van der Waals surface area contributed by atoms with Gasteiger partial charge in [0, 0.05) is 12.0 Å². The number of benzene rings is 1. The normalized spacial score (nSPS) is 28.2. The van der Waals surface area contributed by atoms with E-state index in [1.165, 1.54) is 24.0 Å². The number of nitrogens with one attached hydrogen (secondary N) is 1. The van der Waals surface area contributed by atoms with Crippen LogP contribution in [0.4, 0.5) is 0 Å². The van der Waals surface area contributed by atoms with Gasteiger partial charge in [-0.3, -0.25) is 0 Å². The van der Waals surface area contributed by atoms with E-state index in [0.29, 0.717) is 0 Å². The first kappa shape index (κ1) is 9.97. The standard InChI is InChI=1S/C13H17NO2/c15-11-6-9-2-1-3-13(4-5-14-8-13)10(9)7-12(11)16/h6-7,14-16H,1-5,8H2. The van der Waals surface area contributed by atoms with E-state index in [2.05, 4.69) is 5.32 Å². The molecule has 1 fully saturated rings. The molecule has 3 nitrogen and oxygen atoms in total. The van der Waals surface area contributed by atoms with Crippen LogP contribution < -0.4 is 5.32 Å². The molecule has 0 aromatic heterocycles. The van der Waals surface area contributed by atoms with Crippen LogP contribution in [0.3, 0.4) is 0 Å². The molecule has 1 heterocycles. The number of hydrogen-bond acceptors (Lipinski definition) is 3. The van der Waals surface area contributed by atoms with Gasteiger partial charge in [-0.25, -0.2) is 0 Å². The van der Waals surface area contributed by atoms with Crippen LogP contribution in [0.2, 0.25) is 0 Å². The maximum Gasteiger partial charge on any atom is 0.157 e. The first-order valence-electron chi connectivity index (χ1n) is 5.97. The van der Waals surface area contributed by atoms with Gasteiger partial charge in [0.25, 0.3) is 0 Å². The van der Waals surface area contributed by atoms with E-state index < -0.39 is 0 Å². The number of phenolic OH excluding ortho intramolecular Hbond substituents is 2. The predicted molar refractivity (Wildman–Crippen MR) is 61.9 cm³/mol. The lowest BCUT2D eigenvalue weighted by Crippen LogP contribution is -2.33. The smallest absolute Gasteiger partial charge is 0.157 e. The minimum atomic E-state index is 0.0155. The lowest BCUT2D eigenvalue weighted by atomic mass is 9.69. The van der Waals surface area contributed by atoms with Crippen LogP contribution in [0.1, 0.15) is 30.4 Å². The Hall–Kier alpha value is -1.22. The third-order valence-electron chi connectivity index (χ3n) is 4.12. The van der Waals surface area contributed by atoms with Crippen molar-refractivity contribution in [3.05, 3.63) is 23.3 Å². The molecule has 3 N–H and O–H groups in total. The van der Waals surface area contributed by atoms with Gasteiger partial charge < -0.3 is 15.5 Å². The van der Waals surface area contributed by atoms with Crippen molar-refractivity contribution >= 4 is 0 Å². The summed E-state index contributed by atoms with van der Waals surface area (Å²) < 4.78 is 0. The Balaban J connectivity index is 2.14. The van der Waals surface area contributed by atoms with Gasteiger partial charge in [-0.05, 0) is 55.5 Å². The van der Waals surface area contributed by atoms with Gasteiger partial charge in [-0.15, -0.1) is 0 Å². The molecular formula is C13H17NO2. The van der Waals surface area contributed by atoms with Crippen LogP contribution in [0.25, 0.3) is 0 Å². The van der Waals surface area contributed by atoms with Crippen molar-refractivity contribution in [2.45, 2.75) is 31.1 Å². The molecule has 0 saturated carbocycles. The summed E-state index contributed by atoms with van der Waals surface area (Å²) in [6.45, 7) is 2.06. The Kier molecular flexibility index (Phi) is 2.11. The second kappa shape index (κ2) is 3.39. The maximum absolute atomic E-state index is 9.65. The molecule has 3 rings (SSSR count). The van der Waals surface area contributed by atoms with Crippen LogP contribution in [-0.2, 0) is 11.8 Å². The van der Waals surface area contributed by atoms with E-state index in [-0.39, 0.29) is 16.9 Å². The number of phenols is 2. The maximum atomic E-state index is 9.65. The minimum Gasteiger partial charge on any atom is -0.504 e. The zero-order valence-corrected chi connectivity index (χ0v) is 9.29. The molecule has 1 aliphatic carbocycles. The average molecular weight is 219 g/mol. The van der Waals surface area contributed by atoms with Gasteiger partial charge in [-0.2, -0.15) is 0 Å². The summed E-state index contributed by atoms with van der Waals surface area (Å²) in [7, 11) is 0. The largest absolute Gasteiger partial charge is 0.504 e. The Morgan fingerprint density at radius 3 is 2.69 bits per heavy atom. The number of aryl methyl sites for hydroxylation is 1. The summed E-state index contributed by atoms with van der Waals surface area (Å²) >= 11 is 0. The molecule has 1 saturated heterocycles. The first-order valence-corrected chi connectivity index (χ1v) is 5.97. The molecule has 1 spiro atoms. The summed E-state index contributed by atoms with van der Waals surface area (Å²) in [4.78, 5) is 0. The van der Waals surface area contributed by atoms with Gasteiger partial charge >= 0.3 is 0 Å². The number of hydrogen-bond donors (Lipinski definition) is 3. The van der Waals surface area contributed by atoms with Crippen molar-refractivity contribution in [2.75, 3.05) is 13.1 Å². The summed E-state index contributed by atoms with van der Waals surface area (Å²) in [5.74, 6) is 0.0358. The highest BCUT2D eigenvalue weighted by molar-refractivity contribution is 5.50. The Bertz CT molecular complexity index is 422. The molecule has 16 heavy (non-hydrogen) atoms. The molecule has 0 amide bonds. The highest BCUT2D eigenvalue weighted by Gasteiger charge is 2.39. The molecule has 1 unspecified atom stereocenters. The second-order valence-corrected chi connectivity index (χ2v) is 5.06. The third-order valence-corrected chi connectivity index (χ3v) is 4.12. The SMILES string of the molecule is Oc1cc2c(cc1O)C1(CCC2)CCNC1. The Morgan fingerprint density at radius 2 is 1.94 bits per heavy atom. The van der Waals surface area contributed by atoms with E-state index in [0.717, 1.165) is 25.9 Å². The highest BCUT2D eigenvalue weighted by Crippen LogP contribution is 2.44. The van der Waals surface area contributed by atoms with Gasteiger partial charge in [0.05, 0.1) is 0 Å².